The summed E-state index contributed by atoms with van der Waals surface area (Å²) in [4.78, 5) is 12.5. The number of rotatable bonds is 6. The fourth-order valence-electron chi connectivity index (χ4n) is 6.57. The van der Waals surface area contributed by atoms with E-state index in [1.54, 1.807) is 0 Å². The lowest BCUT2D eigenvalue weighted by atomic mass is 9.44. The Morgan fingerprint density at radius 1 is 0.690 bits per heavy atom. The maximum atomic E-state index is 12.5. The second-order valence-corrected chi connectivity index (χ2v) is 10.8. The molecule has 2 bridgehead atoms. The van der Waals surface area contributed by atoms with E-state index in [2.05, 4.69) is 10.6 Å². The quantitative estimate of drug-likeness (QED) is 0.624. The summed E-state index contributed by atoms with van der Waals surface area (Å²) in [7, 11) is 0. The lowest BCUT2D eigenvalue weighted by Gasteiger charge is -2.71. The van der Waals surface area contributed by atoms with Crippen molar-refractivity contribution in [2.75, 3.05) is 6.61 Å². The number of carbonyl (C=O) groups excluding carboxylic acids is 1. The summed E-state index contributed by atoms with van der Waals surface area (Å²) in [5, 5.41) is 7.35. The molecule has 4 nitrogen and oxygen atoms in total. The number of amides is 1. The fourth-order valence-corrected chi connectivity index (χ4v) is 6.57. The molecule has 5 fully saturated rings. The predicted molar refractivity (Wildman–Crippen MR) is 118 cm³/mol. The van der Waals surface area contributed by atoms with Gasteiger partial charge >= 0.3 is 0 Å². The lowest BCUT2D eigenvalue weighted by molar-refractivity contribution is -0.149. The number of carbonyl (C=O) groups is 1. The van der Waals surface area contributed by atoms with E-state index in [9.17, 15) is 4.79 Å². The van der Waals surface area contributed by atoms with Crippen LogP contribution in [0.15, 0.2) is 0 Å². The van der Waals surface area contributed by atoms with Crippen LogP contribution in [0.5, 0.6) is 0 Å². The van der Waals surface area contributed by atoms with Gasteiger partial charge in [-0.25, -0.2) is 0 Å². The molecule has 0 radical (unpaired) electrons. The Kier molecular flexibility index (Phi) is 7.55. The van der Waals surface area contributed by atoms with E-state index in [0.29, 0.717) is 17.7 Å². The van der Waals surface area contributed by atoms with Crippen LogP contribution in [0.25, 0.3) is 0 Å². The molecule has 166 valence electrons. The normalized spacial score (nSPS) is 34.9. The molecule has 5 aliphatic rings. The van der Waals surface area contributed by atoms with Gasteiger partial charge in [0.2, 0.25) is 5.91 Å². The number of ether oxygens (including phenoxy) is 1. The summed E-state index contributed by atoms with van der Waals surface area (Å²) in [6.45, 7) is 0.259. The van der Waals surface area contributed by atoms with Gasteiger partial charge in [-0.05, 0) is 44.9 Å². The van der Waals surface area contributed by atoms with E-state index in [4.69, 9.17) is 4.74 Å². The van der Waals surface area contributed by atoms with Gasteiger partial charge in [0.05, 0.1) is 6.10 Å². The van der Waals surface area contributed by atoms with Gasteiger partial charge in [-0.2, -0.15) is 0 Å². The fraction of sp³-hybridized carbons (Fsp3) is 0.960. The van der Waals surface area contributed by atoms with Crippen molar-refractivity contribution in [1.82, 2.24) is 10.6 Å². The van der Waals surface area contributed by atoms with Crippen molar-refractivity contribution in [3.05, 3.63) is 0 Å². The van der Waals surface area contributed by atoms with Gasteiger partial charge in [0.1, 0.15) is 6.61 Å². The molecule has 0 heterocycles. The van der Waals surface area contributed by atoms with Gasteiger partial charge in [-0.3, -0.25) is 4.79 Å². The van der Waals surface area contributed by atoms with Crippen molar-refractivity contribution >= 4 is 5.91 Å². The first-order valence-corrected chi connectivity index (χ1v) is 12.9. The maximum Gasteiger partial charge on any atom is 0.246 e. The molecule has 0 aliphatic heterocycles. The van der Waals surface area contributed by atoms with E-state index >= 15 is 0 Å². The molecule has 0 aromatic rings. The van der Waals surface area contributed by atoms with E-state index in [0.717, 1.165) is 32.1 Å². The second-order valence-electron chi connectivity index (χ2n) is 10.8. The largest absolute Gasteiger partial charge is 0.368 e. The molecule has 0 unspecified atom stereocenters. The van der Waals surface area contributed by atoms with Crippen LogP contribution in [-0.2, 0) is 9.53 Å². The van der Waals surface area contributed by atoms with Crippen molar-refractivity contribution in [3.63, 3.8) is 0 Å². The summed E-state index contributed by atoms with van der Waals surface area (Å²) in [6, 6.07) is 0.699. The molecule has 0 aromatic carbocycles. The van der Waals surface area contributed by atoms with Crippen LogP contribution in [0.1, 0.15) is 122 Å². The van der Waals surface area contributed by atoms with Gasteiger partial charge in [0, 0.05) is 17.1 Å². The summed E-state index contributed by atoms with van der Waals surface area (Å²) in [6.07, 6.45) is 25.0. The molecule has 29 heavy (non-hydrogen) atoms. The lowest BCUT2D eigenvalue weighted by Crippen LogP contribution is -2.84. The van der Waals surface area contributed by atoms with E-state index in [-0.39, 0.29) is 18.1 Å². The minimum atomic E-state index is 0.0877. The summed E-state index contributed by atoms with van der Waals surface area (Å²) >= 11 is 0. The average molecular weight is 405 g/mol. The SMILES string of the molecule is O=C(COC1CCCCCCC1)NC12CC(NC3CCCCCCCCC3)(C1)C2. The monoisotopic (exact) mass is 404 g/mol. The number of hydrogen-bond acceptors (Lipinski definition) is 3. The highest BCUT2D eigenvalue weighted by molar-refractivity contribution is 5.79. The highest BCUT2D eigenvalue weighted by Crippen LogP contribution is 2.60. The number of hydrogen-bond donors (Lipinski definition) is 2. The first-order valence-electron chi connectivity index (χ1n) is 12.9. The Bertz CT molecular complexity index is 497. The van der Waals surface area contributed by atoms with Crippen LogP contribution in [-0.4, -0.2) is 35.7 Å². The topological polar surface area (TPSA) is 50.4 Å². The van der Waals surface area contributed by atoms with Crippen molar-refractivity contribution in [2.45, 2.75) is 145 Å². The molecule has 5 aliphatic carbocycles. The van der Waals surface area contributed by atoms with Crippen LogP contribution in [0.2, 0.25) is 0 Å². The maximum absolute atomic E-state index is 12.5. The van der Waals surface area contributed by atoms with Crippen LogP contribution < -0.4 is 10.6 Å². The minimum Gasteiger partial charge on any atom is -0.368 e. The molecular weight excluding hydrogens is 360 g/mol. The van der Waals surface area contributed by atoms with E-state index in [1.165, 1.54) is 89.9 Å². The highest BCUT2D eigenvalue weighted by Gasteiger charge is 2.68. The standard InChI is InChI=1S/C25H44N2O2/c28-23(17-29-22-15-11-7-4-8-12-16-22)27-25-18-24(19-25,20-25)26-21-13-9-5-2-1-3-6-10-14-21/h21-22,26H,1-20H2,(H,27,28). The average Bonchev–Trinajstić information content (AvgIpc) is 2.63. The zero-order chi connectivity index (χ0) is 20.0. The molecule has 0 saturated heterocycles. The van der Waals surface area contributed by atoms with Crippen molar-refractivity contribution in [1.29, 1.82) is 0 Å². The van der Waals surface area contributed by atoms with E-state index < -0.39 is 0 Å². The third kappa shape index (κ3) is 5.97. The zero-order valence-electron chi connectivity index (χ0n) is 18.6. The first-order chi connectivity index (χ1) is 14.2. The summed E-state index contributed by atoms with van der Waals surface area (Å²) in [5.74, 6) is 0.110. The molecule has 5 rings (SSSR count). The van der Waals surface area contributed by atoms with Crippen molar-refractivity contribution in [2.24, 2.45) is 0 Å². The van der Waals surface area contributed by atoms with Crippen molar-refractivity contribution in [3.8, 4) is 0 Å². The Hall–Kier alpha value is -0.610. The highest BCUT2D eigenvalue weighted by atomic mass is 16.5. The molecule has 0 spiro atoms. The molecular formula is C25H44N2O2. The first kappa shape index (κ1) is 21.6. The van der Waals surface area contributed by atoms with Crippen LogP contribution in [0, 0.1) is 0 Å². The van der Waals surface area contributed by atoms with Gasteiger partial charge < -0.3 is 15.4 Å². The summed E-state index contributed by atoms with van der Waals surface area (Å²) < 4.78 is 5.98. The minimum absolute atomic E-state index is 0.0877. The van der Waals surface area contributed by atoms with Gasteiger partial charge in [-0.1, -0.05) is 77.0 Å². The Morgan fingerprint density at radius 3 is 1.72 bits per heavy atom. The van der Waals surface area contributed by atoms with Gasteiger partial charge in [-0.15, -0.1) is 0 Å². The second kappa shape index (κ2) is 10.1. The van der Waals surface area contributed by atoms with Gasteiger partial charge in [0.15, 0.2) is 0 Å². The van der Waals surface area contributed by atoms with Crippen LogP contribution in [0.3, 0.4) is 0 Å². The van der Waals surface area contributed by atoms with Crippen LogP contribution in [0.4, 0.5) is 0 Å². The van der Waals surface area contributed by atoms with Crippen LogP contribution >= 0.6 is 0 Å². The summed E-state index contributed by atoms with van der Waals surface area (Å²) in [5.41, 5.74) is 0.423. The molecule has 1 amide bonds. The number of nitrogens with one attached hydrogen (secondary N) is 2. The molecule has 2 N–H and O–H groups in total. The Labute approximate surface area is 178 Å². The molecule has 0 aromatic heterocycles. The third-order valence-electron chi connectivity index (χ3n) is 8.05. The Balaban J connectivity index is 1.14. The smallest absolute Gasteiger partial charge is 0.246 e. The molecule has 5 saturated carbocycles. The molecule has 0 atom stereocenters. The van der Waals surface area contributed by atoms with Crippen molar-refractivity contribution < 1.29 is 9.53 Å². The predicted octanol–water partition coefficient (Wildman–Crippen LogP) is 5.39. The molecule has 4 heteroatoms. The Morgan fingerprint density at radius 2 is 1.17 bits per heavy atom. The third-order valence-corrected chi connectivity index (χ3v) is 8.05. The van der Waals surface area contributed by atoms with E-state index in [1.807, 2.05) is 0 Å². The van der Waals surface area contributed by atoms with Gasteiger partial charge in [0.25, 0.3) is 0 Å². The zero-order valence-corrected chi connectivity index (χ0v) is 18.6.